The maximum Gasteiger partial charge on any atom is 0.156 e. The summed E-state index contributed by atoms with van der Waals surface area (Å²) in [5, 5.41) is -0.258. The van der Waals surface area contributed by atoms with Gasteiger partial charge in [0.25, 0.3) is 0 Å². The van der Waals surface area contributed by atoms with Gasteiger partial charge >= 0.3 is 0 Å². The lowest BCUT2D eigenvalue weighted by atomic mass is 9.55. The minimum Gasteiger partial charge on any atom is -0.497 e. The lowest BCUT2D eigenvalue weighted by Gasteiger charge is -2.48. The Kier molecular flexibility index (Phi) is 3.30. The highest BCUT2D eigenvalue weighted by atomic mass is 35.5. The first kappa shape index (κ1) is 14.6. The van der Waals surface area contributed by atoms with Gasteiger partial charge < -0.3 is 4.74 Å². The molecule has 3 aliphatic rings. The van der Waals surface area contributed by atoms with Crippen molar-refractivity contribution >= 4 is 17.4 Å². The largest absolute Gasteiger partial charge is 0.497 e. The minimum atomic E-state index is -0.258. The Hall–Kier alpha value is -1.02. The van der Waals surface area contributed by atoms with Crippen LogP contribution in [0.5, 0.6) is 5.75 Å². The number of rotatable bonds is 1. The van der Waals surface area contributed by atoms with Gasteiger partial charge in [0, 0.05) is 5.41 Å². The molecule has 2 fully saturated rings. The van der Waals surface area contributed by atoms with Crippen molar-refractivity contribution in [3.63, 3.8) is 0 Å². The Bertz CT molecular complexity index is 626. The third-order valence-corrected chi connectivity index (χ3v) is 7.01. The Morgan fingerprint density at radius 3 is 2.91 bits per heavy atom. The summed E-state index contributed by atoms with van der Waals surface area (Å²) in [5.41, 5.74) is 2.76. The molecule has 0 aromatic heterocycles. The summed E-state index contributed by atoms with van der Waals surface area (Å²) in [4.78, 5) is 12.5. The number of Topliss-reactive ketones (excluding diaryl/α,β-unsaturated/α-hetero) is 1. The molecule has 2 nitrogen and oxygen atoms in total. The monoisotopic (exact) mass is 318 g/mol. The van der Waals surface area contributed by atoms with Crippen LogP contribution in [0, 0.1) is 17.3 Å². The molecule has 3 aliphatic carbocycles. The predicted molar refractivity (Wildman–Crippen MR) is 87.6 cm³/mol. The molecule has 5 atom stereocenters. The van der Waals surface area contributed by atoms with Crippen molar-refractivity contribution in [1.82, 2.24) is 0 Å². The topological polar surface area (TPSA) is 26.3 Å². The van der Waals surface area contributed by atoms with Gasteiger partial charge in [0.1, 0.15) is 5.75 Å². The zero-order chi connectivity index (χ0) is 15.5. The summed E-state index contributed by atoms with van der Waals surface area (Å²) < 4.78 is 5.37. The molecule has 4 rings (SSSR count). The van der Waals surface area contributed by atoms with Gasteiger partial charge in [-0.1, -0.05) is 13.0 Å². The highest BCUT2D eigenvalue weighted by Crippen LogP contribution is 2.60. The van der Waals surface area contributed by atoms with E-state index in [0.717, 1.165) is 31.4 Å². The van der Waals surface area contributed by atoms with Gasteiger partial charge in [0.05, 0.1) is 12.5 Å². The molecule has 0 radical (unpaired) electrons. The van der Waals surface area contributed by atoms with Gasteiger partial charge in [-0.05, 0) is 73.1 Å². The van der Waals surface area contributed by atoms with Crippen molar-refractivity contribution < 1.29 is 9.53 Å². The summed E-state index contributed by atoms with van der Waals surface area (Å²) >= 11 is 6.33. The second kappa shape index (κ2) is 4.99. The zero-order valence-electron chi connectivity index (χ0n) is 13.3. The Morgan fingerprint density at radius 1 is 1.32 bits per heavy atom. The number of ether oxygens (including phenoxy) is 1. The van der Waals surface area contributed by atoms with Crippen LogP contribution in [0.25, 0.3) is 0 Å². The number of carbonyl (C=O) groups excluding carboxylic acids is 1. The summed E-state index contributed by atoms with van der Waals surface area (Å²) in [6, 6.07) is 6.53. The van der Waals surface area contributed by atoms with E-state index in [0.29, 0.717) is 23.5 Å². The SMILES string of the molecule is COc1ccc2c(c1)CCC1C2CC[C@]2(C)C(=O)[C@H](Cl)CC12. The van der Waals surface area contributed by atoms with E-state index in [1.54, 1.807) is 7.11 Å². The number of alkyl halides is 1. The van der Waals surface area contributed by atoms with E-state index in [-0.39, 0.29) is 10.8 Å². The van der Waals surface area contributed by atoms with Crippen molar-refractivity contribution in [1.29, 1.82) is 0 Å². The van der Waals surface area contributed by atoms with Crippen molar-refractivity contribution in [3.8, 4) is 5.75 Å². The Balaban J connectivity index is 1.70. The van der Waals surface area contributed by atoms with Crippen LogP contribution < -0.4 is 4.74 Å². The van der Waals surface area contributed by atoms with E-state index in [9.17, 15) is 4.79 Å². The first-order chi connectivity index (χ1) is 10.5. The number of carbonyl (C=O) groups is 1. The van der Waals surface area contributed by atoms with Gasteiger partial charge in [-0.3, -0.25) is 4.79 Å². The van der Waals surface area contributed by atoms with Crippen LogP contribution in [0.15, 0.2) is 18.2 Å². The minimum absolute atomic E-state index is 0.169. The Labute approximate surface area is 137 Å². The van der Waals surface area contributed by atoms with E-state index in [1.807, 2.05) is 0 Å². The average molecular weight is 319 g/mol. The average Bonchev–Trinajstić information content (AvgIpc) is 2.77. The second-order valence-electron chi connectivity index (χ2n) is 7.50. The van der Waals surface area contributed by atoms with Crippen LogP contribution in [0.3, 0.4) is 0 Å². The molecular formula is C19H23ClO2. The van der Waals surface area contributed by atoms with Crippen LogP contribution in [0.4, 0.5) is 0 Å². The molecule has 3 heteroatoms. The van der Waals surface area contributed by atoms with E-state index in [2.05, 4.69) is 25.1 Å². The molecule has 3 unspecified atom stereocenters. The lowest BCUT2D eigenvalue weighted by molar-refractivity contribution is -0.129. The predicted octanol–water partition coefficient (Wildman–Crippen LogP) is 4.34. The molecule has 0 N–H and O–H groups in total. The van der Waals surface area contributed by atoms with Crippen LogP contribution in [-0.4, -0.2) is 18.3 Å². The summed E-state index contributed by atoms with van der Waals surface area (Å²) in [6.45, 7) is 2.17. The molecule has 0 amide bonds. The normalized spacial score (nSPS) is 39.9. The van der Waals surface area contributed by atoms with Crippen LogP contribution in [0.2, 0.25) is 0 Å². The molecule has 0 heterocycles. The smallest absolute Gasteiger partial charge is 0.156 e. The number of aryl methyl sites for hydroxylation is 1. The molecule has 0 bridgehead atoms. The number of benzene rings is 1. The lowest BCUT2D eigenvalue weighted by Crippen LogP contribution is -2.42. The highest BCUT2D eigenvalue weighted by molar-refractivity contribution is 6.32. The van der Waals surface area contributed by atoms with Crippen LogP contribution in [-0.2, 0) is 11.2 Å². The molecular weight excluding hydrogens is 296 g/mol. The van der Waals surface area contributed by atoms with E-state index >= 15 is 0 Å². The number of ketones is 1. The second-order valence-corrected chi connectivity index (χ2v) is 8.03. The van der Waals surface area contributed by atoms with Gasteiger partial charge in [-0.2, -0.15) is 0 Å². The fourth-order valence-corrected chi connectivity index (χ4v) is 5.88. The Morgan fingerprint density at radius 2 is 2.14 bits per heavy atom. The number of hydrogen-bond acceptors (Lipinski definition) is 2. The standard InChI is InChI=1S/C19H23ClO2/c1-19-8-7-14-13-6-4-12(22-2)9-11(13)3-5-15(14)16(19)10-17(20)18(19)21/h4,6,9,14-17H,3,5,7-8,10H2,1-2H3/t14?,15?,16?,17-,19+/m1/s1. The summed E-state index contributed by atoms with van der Waals surface area (Å²) in [7, 11) is 1.73. The molecule has 118 valence electrons. The van der Waals surface area contributed by atoms with Gasteiger partial charge in [0.2, 0.25) is 0 Å². The molecule has 0 aliphatic heterocycles. The van der Waals surface area contributed by atoms with Crippen molar-refractivity contribution in [3.05, 3.63) is 29.3 Å². The van der Waals surface area contributed by atoms with E-state index < -0.39 is 0 Å². The molecule has 1 aromatic carbocycles. The maximum absolute atomic E-state index is 12.5. The van der Waals surface area contributed by atoms with E-state index in [1.165, 1.54) is 17.5 Å². The molecule has 1 aromatic rings. The van der Waals surface area contributed by atoms with Gasteiger partial charge in [0.15, 0.2) is 5.78 Å². The molecule has 22 heavy (non-hydrogen) atoms. The maximum atomic E-state index is 12.5. The fourth-order valence-electron chi connectivity index (χ4n) is 5.43. The highest BCUT2D eigenvalue weighted by Gasteiger charge is 2.57. The van der Waals surface area contributed by atoms with E-state index in [4.69, 9.17) is 16.3 Å². The van der Waals surface area contributed by atoms with Crippen LogP contribution in [0.1, 0.15) is 49.7 Å². The number of methoxy groups -OCH3 is 1. The van der Waals surface area contributed by atoms with Crippen LogP contribution >= 0.6 is 11.6 Å². The molecule has 2 saturated carbocycles. The first-order valence-corrected chi connectivity index (χ1v) is 8.83. The molecule has 0 spiro atoms. The quantitative estimate of drug-likeness (QED) is 0.720. The summed E-state index contributed by atoms with van der Waals surface area (Å²) in [5.74, 6) is 2.94. The van der Waals surface area contributed by atoms with Gasteiger partial charge in [-0.15, -0.1) is 11.6 Å². The zero-order valence-corrected chi connectivity index (χ0v) is 14.0. The number of fused-ring (bicyclic) bond motifs is 5. The third-order valence-electron chi connectivity index (χ3n) is 6.63. The fraction of sp³-hybridized carbons (Fsp3) is 0.632. The van der Waals surface area contributed by atoms with Gasteiger partial charge in [-0.25, -0.2) is 0 Å². The van der Waals surface area contributed by atoms with Crippen molar-refractivity contribution in [2.24, 2.45) is 17.3 Å². The first-order valence-electron chi connectivity index (χ1n) is 8.40. The summed E-state index contributed by atoms with van der Waals surface area (Å²) in [6.07, 6.45) is 5.27. The number of halogens is 1. The van der Waals surface area contributed by atoms with Crippen molar-refractivity contribution in [2.75, 3.05) is 7.11 Å². The number of hydrogen-bond donors (Lipinski definition) is 0. The molecule has 0 saturated heterocycles. The van der Waals surface area contributed by atoms with Crippen molar-refractivity contribution in [2.45, 2.75) is 50.3 Å². The third kappa shape index (κ3) is 1.89.